The summed E-state index contributed by atoms with van der Waals surface area (Å²) < 4.78 is 11.2. The fraction of sp³-hybridized carbons (Fsp3) is 0.348. The number of ether oxygens (including phenoxy) is 1. The lowest BCUT2D eigenvalue weighted by Crippen LogP contribution is -2.41. The Kier molecular flexibility index (Phi) is 6.72. The van der Waals surface area contributed by atoms with Crippen LogP contribution in [0.4, 0.5) is 10.5 Å². The van der Waals surface area contributed by atoms with E-state index in [4.69, 9.17) is 9.26 Å². The molecule has 0 saturated carbocycles. The van der Waals surface area contributed by atoms with Crippen LogP contribution in [0.15, 0.2) is 65.2 Å². The summed E-state index contributed by atoms with van der Waals surface area (Å²) >= 11 is 0. The topological polar surface area (TPSA) is 80.5 Å². The number of rotatable bonds is 7. The van der Waals surface area contributed by atoms with Gasteiger partial charge >= 0.3 is 6.03 Å². The molecule has 3 aromatic rings. The molecule has 2 heterocycles. The normalized spacial score (nSPS) is 16.4. The van der Waals surface area contributed by atoms with E-state index in [0.29, 0.717) is 37.9 Å². The Balaban J connectivity index is 1.26. The summed E-state index contributed by atoms with van der Waals surface area (Å²) in [6, 6.07) is 19.4. The number of nitrogens with one attached hydrogen (secondary N) is 1. The Hall–Kier alpha value is -3.19. The highest BCUT2D eigenvalue weighted by molar-refractivity contribution is 5.89. The molecule has 1 N–H and O–H groups in total. The Labute approximate surface area is 176 Å². The molecular weight excluding hydrogens is 380 g/mol. The van der Waals surface area contributed by atoms with Crippen LogP contribution in [-0.2, 0) is 17.8 Å². The van der Waals surface area contributed by atoms with Crippen molar-refractivity contribution in [2.75, 3.05) is 25.0 Å². The zero-order valence-corrected chi connectivity index (χ0v) is 16.9. The van der Waals surface area contributed by atoms with Crippen molar-refractivity contribution in [1.29, 1.82) is 0 Å². The molecule has 0 radical (unpaired) electrons. The lowest BCUT2D eigenvalue weighted by atomic mass is 9.98. The van der Waals surface area contributed by atoms with E-state index in [1.807, 2.05) is 65.6 Å². The van der Waals surface area contributed by atoms with Gasteiger partial charge in [-0.2, -0.15) is 4.98 Å². The predicted molar refractivity (Wildman–Crippen MR) is 113 cm³/mol. The van der Waals surface area contributed by atoms with E-state index in [9.17, 15) is 4.79 Å². The second-order valence-electron chi connectivity index (χ2n) is 7.42. The fourth-order valence-electron chi connectivity index (χ4n) is 3.55. The molecule has 0 spiro atoms. The van der Waals surface area contributed by atoms with Gasteiger partial charge in [0.2, 0.25) is 5.89 Å². The third kappa shape index (κ3) is 5.45. The zero-order chi connectivity index (χ0) is 20.6. The summed E-state index contributed by atoms with van der Waals surface area (Å²) in [5, 5.41) is 7.03. The smallest absolute Gasteiger partial charge is 0.321 e. The number of para-hydroxylation sites is 1. The summed E-state index contributed by atoms with van der Waals surface area (Å²) in [6.45, 7) is 2.40. The van der Waals surface area contributed by atoms with Crippen molar-refractivity contribution in [2.24, 2.45) is 0 Å². The van der Waals surface area contributed by atoms with Crippen LogP contribution in [0, 0.1) is 0 Å². The fourth-order valence-corrected chi connectivity index (χ4v) is 3.55. The Morgan fingerprint density at radius 2 is 1.90 bits per heavy atom. The first-order chi connectivity index (χ1) is 14.8. The number of benzene rings is 2. The second-order valence-corrected chi connectivity index (χ2v) is 7.42. The molecule has 30 heavy (non-hydrogen) atoms. The van der Waals surface area contributed by atoms with Crippen molar-refractivity contribution in [2.45, 2.75) is 31.8 Å². The molecule has 4 rings (SSSR count). The number of urea groups is 1. The van der Waals surface area contributed by atoms with Crippen LogP contribution in [0.5, 0.6) is 0 Å². The monoisotopic (exact) mass is 406 g/mol. The zero-order valence-electron chi connectivity index (χ0n) is 16.9. The lowest BCUT2D eigenvalue weighted by Gasteiger charge is -2.31. The average molecular weight is 406 g/mol. The molecule has 1 fully saturated rings. The molecule has 0 aliphatic carbocycles. The number of nitrogens with zero attached hydrogens (tertiary/aromatic N) is 3. The van der Waals surface area contributed by atoms with Crippen molar-refractivity contribution < 1.29 is 14.1 Å². The van der Waals surface area contributed by atoms with E-state index in [0.717, 1.165) is 30.6 Å². The number of aromatic nitrogens is 2. The quantitative estimate of drug-likeness (QED) is 0.594. The summed E-state index contributed by atoms with van der Waals surface area (Å²) in [4.78, 5) is 18.9. The first-order valence-corrected chi connectivity index (χ1v) is 10.3. The van der Waals surface area contributed by atoms with Crippen LogP contribution in [0.2, 0.25) is 0 Å². The third-order valence-corrected chi connectivity index (χ3v) is 5.15. The van der Waals surface area contributed by atoms with Gasteiger partial charge in [0.15, 0.2) is 5.82 Å². The van der Waals surface area contributed by atoms with E-state index < -0.39 is 0 Å². The number of likely N-dealkylation sites (tertiary alicyclic amines) is 1. The van der Waals surface area contributed by atoms with Crippen molar-refractivity contribution in [3.8, 4) is 0 Å². The van der Waals surface area contributed by atoms with Gasteiger partial charge in [0.1, 0.15) is 0 Å². The first-order valence-electron chi connectivity index (χ1n) is 10.3. The highest BCUT2D eigenvalue weighted by Gasteiger charge is 2.28. The maximum absolute atomic E-state index is 12.6. The number of amides is 2. The highest BCUT2D eigenvalue weighted by Crippen LogP contribution is 2.26. The van der Waals surface area contributed by atoms with Crippen LogP contribution in [0.3, 0.4) is 0 Å². The summed E-state index contributed by atoms with van der Waals surface area (Å²) in [5.41, 5.74) is 1.93. The Bertz CT molecular complexity index is 930. The number of anilines is 1. The van der Waals surface area contributed by atoms with E-state index in [2.05, 4.69) is 15.5 Å². The lowest BCUT2D eigenvalue weighted by molar-refractivity contribution is 0.122. The number of carbonyl (C=O) groups is 1. The van der Waals surface area contributed by atoms with Gasteiger partial charge in [-0.15, -0.1) is 0 Å². The first kappa shape index (κ1) is 20.1. The molecule has 7 heteroatoms. The van der Waals surface area contributed by atoms with Gasteiger partial charge < -0.3 is 19.5 Å². The van der Waals surface area contributed by atoms with Gasteiger partial charge in [-0.3, -0.25) is 0 Å². The Morgan fingerprint density at radius 1 is 1.13 bits per heavy atom. The van der Waals surface area contributed by atoms with Crippen molar-refractivity contribution in [3.05, 3.63) is 77.9 Å². The minimum Gasteiger partial charge on any atom is -0.376 e. The second kappa shape index (κ2) is 10.0. The molecule has 1 atom stereocenters. The van der Waals surface area contributed by atoms with E-state index >= 15 is 0 Å². The van der Waals surface area contributed by atoms with Gasteiger partial charge in [0, 0.05) is 25.2 Å². The van der Waals surface area contributed by atoms with E-state index in [1.54, 1.807) is 0 Å². The molecule has 2 aromatic carbocycles. The van der Waals surface area contributed by atoms with Crippen LogP contribution in [0.25, 0.3) is 0 Å². The number of carbonyl (C=O) groups excluding carboxylic acids is 1. The molecule has 1 aliphatic rings. The van der Waals surface area contributed by atoms with Crippen molar-refractivity contribution >= 4 is 11.7 Å². The summed E-state index contributed by atoms with van der Waals surface area (Å²) in [6.07, 6.45) is 2.44. The summed E-state index contributed by atoms with van der Waals surface area (Å²) in [5.74, 6) is 1.31. The van der Waals surface area contributed by atoms with Crippen LogP contribution in [-0.4, -0.2) is 40.8 Å². The molecule has 1 aliphatic heterocycles. The molecule has 2 amide bonds. The number of piperidine rings is 1. The maximum atomic E-state index is 12.6. The molecular formula is C23H26N4O3. The molecule has 7 nitrogen and oxygen atoms in total. The summed E-state index contributed by atoms with van der Waals surface area (Å²) in [7, 11) is 0. The van der Waals surface area contributed by atoms with Crippen LogP contribution in [0.1, 0.15) is 36.0 Å². The number of hydrogen-bond donors (Lipinski definition) is 1. The van der Waals surface area contributed by atoms with E-state index in [1.165, 1.54) is 0 Å². The molecule has 0 bridgehead atoms. The average Bonchev–Trinajstić information content (AvgIpc) is 3.27. The largest absolute Gasteiger partial charge is 0.376 e. The minimum atomic E-state index is -0.0973. The third-order valence-electron chi connectivity index (χ3n) is 5.15. The van der Waals surface area contributed by atoms with Gasteiger partial charge in [-0.05, 0) is 30.5 Å². The van der Waals surface area contributed by atoms with E-state index in [-0.39, 0.29) is 11.9 Å². The highest BCUT2D eigenvalue weighted by atomic mass is 16.5. The molecule has 1 saturated heterocycles. The Morgan fingerprint density at radius 3 is 2.70 bits per heavy atom. The van der Waals surface area contributed by atoms with Gasteiger partial charge in [0.25, 0.3) is 0 Å². The van der Waals surface area contributed by atoms with Crippen molar-refractivity contribution in [1.82, 2.24) is 15.0 Å². The van der Waals surface area contributed by atoms with Gasteiger partial charge in [0.05, 0.1) is 19.1 Å². The van der Waals surface area contributed by atoms with Crippen LogP contribution >= 0.6 is 0 Å². The van der Waals surface area contributed by atoms with Gasteiger partial charge in [-0.1, -0.05) is 53.7 Å². The minimum absolute atomic E-state index is 0.0618. The van der Waals surface area contributed by atoms with Gasteiger partial charge in [-0.25, -0.2) is 4.79 Å². The predicted octanol–water partition coefficient (Wildman–Crippen LogP) is 4.24. The number of hydrogen-bond acceptors (Lipinski definition) is 5. The SMILES string of the molecule is O=C(Nc1ccccc1)N1CCCC(c2nc(CCOCc3ccccc3)no2)C1. The molecule has 1 aromatic heterocycles. The van der Waals surface area contributed by atoms with Crippen molar-refractivity contribution in [3.63, 3.8) is 0 Å². The standard InChI is InChI=1S/C23H26N4O3/c28-23(24-20-11-5-2-6-12-20)27-14-7-10-19(16-27)22-25-21(26-30-22)13-15-29-17-18-8-3-1-4-9-18/h1-6,8-9,11-12,19H,7,10,13-17H2,(H,24,28). The molecule has 1 unspecified atom stereocenters. The van der Waals surface area contributed by atoms with Crippen LogP contribution < -0.4 is 5.32 Å². The molecule has 156 valence electrons. The maximum Gasteiger partial charge on any atom is 0.321 e.